The summed E-state index contributed by atoms with van der Waals surface area (Å²) < 4.78 is 0. The van der Waals surface area contributed by atoms with E-state index in [1.54, 1.807) is 0 Å². The molecule has 0 bridgehead atoms. The molecular formula is C20H24O. The van der Waals surface area contributed by atoms with Crippen molar-refractivity contribution in [2.45, 2.75) is 46.0 Å². The Hall–Kier alpha value is -1.89. The van der Waals surface area contributed by atoms with Gasteiger partial charge in [-0.25, -0.2) is 0 Å². The maximum atomic E-state index is 12.5. The maximum Gasteiger partial charge on any atom is 0.193 e. The molecule has 0 fully saturated rings. The molecule has 0 radical (unpaired) electrons. The number of aryl methyl sites for hydroxylation is 1. The largest absolute Gasteiger partial charge is 0.289 e. The lowest BCUT2D eigenvalue weighted by Gasteiger charge is -2.07. The smallest absolute Gasteiger partial charge is 0.193 e. The Morgan fingerprint density at radius 3 is 1.90 bits per heavy atom. The zero-order valence-electron chi connectivity index (χ0n) is 13.2. The zero-order valence-corrected chi connectivity index (χ0v) is 13.2. The van der Waals surface area contributed by atoms with Crippen molar-refractivity contribution in [3.05, 3.63) is 70.8 Å². The number of carbonyl (C=O) groups excluding carboxylic acids is 1. The molecule has 1 heteroatoms. The fourth-order valence-corrected chi connectivity index (χ4v) is 2.39. The van der Waals surface area contributed by atoms with Crippen LogP contribution in [0.25, 0.3) is 0 Å². The second-order valence-electron chi connectivity index (χ2n) is 5.91. The Bertz CT molecular complexity index is 576. The summed E-state index contributed by atoms with van der Waals surface area (Å²) in [6.45, 7) is 6.51. The maximum absolute atomic E-state index is 12.5. The fraction of sp³-hybridized carbons (Fsp3) is 0.350. The van der Waals surface area contributed by atoms with Gasteiger partial charge in [0.1, 0.15) is 0 Å². The van der Waals surface area contributed by atoms with E-state index in [1.165, 1.54) is 24.0 Å². The molecule has 0 aliphatic heterocycles. The van der Waals surface area contributed by atoms with Gasteiger partial charge in [0.25, 0.3) is 0 Å². The van der Waals surface area contributed by atoms with E-state index in [1.807, 2.05) is 36.4 Å². The predicted octanol–water partition coefficient (Wildman–Crippen LogP) is 5.38. The molecule has 0 unspecified atom stereocenters. The van der Waals surface area contributed by atoms with Crippen LogP contribution >= 0.6 is 0 Å². The van der Waals surface area contributed by atoms with Gasteiger partial charge in [-0.05, 0) is 29.9 Å². The third-order valence-electron chi connectivity index (χ3n) is 3.87. The third kappa shape index (κ3) is 4.04. The van der Waals surface area contributed by atoms with Gasteiger partial charge < -0.3 is 0 Å². The summed E-state index contributed by atoms with van der Waals surface area (Å²) in [5, 5.41) is 0. The fourth-order valence-electron chi connectivity index (χ4n) is 2.39. The highest BCUT2D eigenvalue weighted by Crippen LogP contribution is 2.17. The number of carbonyl (C=O) groups is 1. The van der Waals surface area contributed by atoms with Gasteiger partial charge in [0.05, 0.1) is 0 Å². The van der Waals surface area contributed by atoms with E-state index >= 15 is 0 Å². The summed E-state index contributed by atoms with van der Waals surface area (Å²) >= 11 is 0. The molecule has 0 atom stereocenters. The topological polar surface area (TPSA) is 17.1 Å². The lowest BCUT2D eigenvalue weighted by Crippen LogP contribution is -2.02. The predicted molar refractivity (Wildman–Crippen MR) is 89.0 cm³/mol. The Kier molecular flexibility index (Phi) is 5.32. The van der Waals surface area contributed by atoms with Crippen LogP contribution < -0.4 is 0 Å². The molecule has 0 saturated carbocycles. The average Bonchev–Trinajstić information content (AvgIpc) is 2.53. The minimum Gasteiger partial charge on any atom is -0.289 e. The molecule has 0 saturated heterocycles. The highest BCUT2D eigenvalue weighted by atomic mass is 16.1. The van der Waals surface area contributed by atoms with Crippen molar-refractivity contribution in [3.63, 3.8) is 0 Å². The van der Waals surface area contributed by atoms with Crippen LogP contribution in [0.1, 0.15) is 66.6 Å². The lowest BCUT2D eigenvalue weighted by atomic mass is 9.97. The molecule has 0 spiro atoms. The summed E-state index contributed by atoms with van der Waals surface area (Å²) in [4.78, 5) is 12.5. The Morgan fingerprint density at radius 2 is 1.43 bits per heavy atom. The van der Waals surface area contributed by atoms with Crippen molar-refractivity contribution in [1.82, 2.24) is 0 Å². The van der Waals surface area contributed by atoms with Gasteiger partial charge in [-0.1, -0.05) is 75.7 Å². The summed E-state index contributed by atoms with van der Waals surface area (Å²) in [6.07, 6.45) is 3.49. The Morgan fingerprint density at radius 1 is 0.905 bits per heavy atom. The van der Waals surface area contributed by atoms with Crippen LogP contribution in [0.4, 0.5) is 0 Å². The molecule has 1 nitrogen and oxygen atoms in total. The van der Waals surface area contributed by atoms with E-state index in [0.717, 1.165) is 17.5 Å². The van der Waals surface area contributed by atoms with Gasteiger partial charge in [-0.3, -0.25) is 4.79 Å². The van der Waals surface area contributed by atoms with Gasteiger partial charge in [0.2, 0.25) is 0 Å². The number of rotatable bonds is 6. The molecule has 110 valence electrons. The van der Waals surface area contributed by atoms with Crippen LogP contribution in [0, 0.1) is 0 Å². The summed E-state index contributed by atoms with van der Waals surface area (Å²) in [7, 11) is 0. The van der Waals surface area contributed by atoms with E-state index in [9.17, 15) is 4.79 Å². The number of ketones is 1. The second-order valence-corrected chi connectivity index (χ2v) is 5.91. The first kappa shape index (κ1) is 15.5. The molecule has 0 aliphatic carbocycles. The second kappa shape index (κ2) is 7.21. The zero-order chi connectivity index (χ0) is 15.2. The van der Waals surface area contributed by atoms with E-state index in [-0.39, 0.29) is 5.78 Å². The quantitative estimate of drug-likeness (QED) is 0.649. The lowest BCUT2D eigenvalue weighted by molar-refractivity contribution is 0.103. The van der Waals surface area contributed by atoms with Gasteiger partial charge >= 0.3 is 0 Å². The number of unbranched alkanes of at least 4 members (excludes halogenated alkanes) is 1. The summed E-state index contributed by atoms with van der Waals surface area (Å²) in [5.41, 5.74) is 4.11. The molecule has 0 aromatic heterocycles. The van der Waals surface area contributed by atoms with Crippen LogP contribution in [0.2, 0.25) is 0 Å². The van der Waals surface area contributed by atoms with Gasteiger partial charge in [0.15, 0.2) is 5.78 Å². The molecule has 2 aromatic rings. The van der Waals surface area contributed by atoms with Crippen molar-refractivity contribution in [2.75, 3.05) is 0 Å². The van der Waals surface area contributed by atoms with Gasteiger partial charge in [0, 0.05) is 11.1 Å². The molecular weight excluding hydrogens is 256 g/mol. The molecule has 0 N–H and O–H groups in total. The number of hydrogen-bond donors (Lipinski definition) is 0. The first-order chi connectivity index (χ1) is 10.1. The van der Waals surface area contributed by atoms with Crippen LogP contribution in [0.5, 0.6) is 0 Å². The van der Waals surface area contributed by atoms with Crippen LogP contribution in [-0.2, 0) is 6.42 Å². The Balaban J connectivity index is 2.12. The normalized spacial score (nSPS) is 10.9. The molecule has 21 heavy (non-hydrogen) atoms. The molecule has 2 aromatic carbocycles. The van der Waals surface area contributed by atoms with Crippen molar-refractivity contribution >= 4 is 5.78 Å². The first-order valence-electron chi connectivity index (χ1n) is 7.85. The molecule has 0 amide bonds. The minimum absolute atomic E-state index is 0.104. The summed E-state index contributed by atoms with van der Waals surface area (Å²) in [6, 6.07) is 16.0. The highest BCUT2D eigenvalue weighted by molar-refractivity contribution is 6.08. The SMILES string of the molecule is CCCCc1ccc(C(=O)c2ccc(C(C)C)cc2)cc1. The Labute approximate surface area is 128 Å². The van der Waals surface area contributed by atoms with Crippen LogP contribution in [-0.4, -0.2) is 5.78 Å². The highest BCUT2D eigenvalue weighted by Gasteiger charge is 2.09. The van der Waals surface area contributed by atoms with Crippen molar-refractivity contribution in [1.29, 1.82) is 0 Å². The van der Waals surface area contributed by atoms with Gasteiger partial charge in [-0.2, -0.15) is 0 Å². The van der Waals surface area contributed by atoms with E-state index in [2.05, 4.69) is 32.9 Å². The number of hydrogen-bond acceptors (Lipinski definition) is 1. The van der Waals surface area contributed by atoms with E-state index in [0.29, 0.717) is 5.92 Å². The van der Waals surface area contributed by atoms with Crippen molar-refractivity contribution in [3.8, 4) is 0 Å². The monoisotopic (exact) mass is 280 g/mol. The van der Waals surface area contributed by atoms with Crippen molar-refractivity contribution in [2.24, 2.45) is 0 Å². The minimum atomic E-state index is 0.104. The average molecular weight is 280 g/mol. The molecule has 0 aliphatic rings. The first-order valence-corrected chi connectivity index (χ1v) is 7.85. The number of benzene rings is 2. The van der Waals surface area contributed by atoms with E-state index < -0.39 is 0 Å². The van der Waals surface area contributed by atoms with E-state index in [4.69, 9.17) is 0 Å². The van der Waals surface area contributed by atoms with Crippen LogP contribution in [0.3, 0.4) is 0 Å². The van der Waals surface area contributed by atoms with Crippen LogP contribution in [0.15, 0.2) is 48.5 Å². The van der Waals surface area contributed by atoms with Gasteiger partial charge in [-0.15, -0.1) is 0 Å². The molecule has 0 heterocycles. The van der Waals surface area contributed by atoms with Crippen molar-refractivity contribution < 1.29 is 4.79 Å². The molecule has 2 rings (SSSR count). The summed E-state index contributed by atoms with van der Waals surface area (Å²) in [5.74, 6) is 0.597. The standard InChI is InChI=1S/C20H24O/c1-4-5-6-16-7-9-18(10-8-16)20(21)19-13-11-17(12-14-19)15(2)3/h7-15H,4-6H2,1-3H3. The third-order valence-corrected chi connectivity index (χ3v) is 3.87.